The summed E-state index contributed by atoms with van der Waals surface area (Å²) in [6.07, 6.45) is 1.48. The molecular weight excluding hydrogens is 294 g/mol. The average molecular weight is 311 g/mol. The molecule has 2 aromatic rings. The van der Waals surface area contributed by atoms with E-state index in [9.17, 15) is 4.21 Å². The van der Waals surface area contributed by atoms with E-state index < -0.39 is 0 Å². The molecular formula is C18H17NO2S. The summed E-state index contributed by atoms with van der Waals surface area (Å²) in [7, 11) is 0. The second-order valence-corrected chi connectivity index (χ2v) is 6.51. The molecule has 2 atom stereocenters. The van der Waals surface area contributed by atoms with Crippen LogP contribution in [-0.2, 0) is 21.6 Å². The van der Waals surface area contributed by atoms with Gasteiger partial charge in [0.05, 0.1) is 4.99 Å². The number of nitrogens with one attached hydrogen (secondary N) is 1. The van der Waals surface area contributed by atoms with Gasteiger partial charge in [-0.1, -0.05) is 54.6 Å². The van der Waals surface area contributed by atoms with Crippen molar-refractivity contribution < 1.29 is 8.95 Å². The van der Waals surface area contributed by atoms with Crippen LogP contribution >= 0.6 is 0 Å². The molecule has 2 heterocycles. The fourth-order valence-corrected chi connectivity index (χ4v) is 4.03. The van der Waals surface area contributed by atoms with E-state index in [0.717, 1.165) is 18.0 Å². The number of hydrogen-bond donors (Lipinski definition) is 1. The lowest BCUT2D eigenvalue weighted by Crippen LogP contribution is -2.43. The highest BCUT2D eigenvalue weighted by atomic mass is 32.1. The molecule has 0 aliphatic carbocycles. The Morgan fingerprint density at radius 1 is 1.09 bits per heavy atom. The van der Waals surface area contributed by atoms with E-state index in [1.165, 1.54) is 16.7 Å². The van der Waals surface area contributed by atoms with E-state index in [0.29, 0.717) is 17.7 Å². The molecule has 1 saturated heterocycles. The lowest BCUT2D eigenvalue weighted by atomic mass is 9.84. The predicted molar refractivity (Wildman–Crippen MR) is 87.9 cm³/mol. The number of benzene rings is 2. The maximum Gasteiger partial charge on any atom is 0.109 e. The summed E-state index contributed by atoms with van der Waals surface area (Å²) < 4.78 is 17.8. The van der Waals surface area contributed by atoms with Gasteiger partial charge in [0.1, 0.15) is 23.0 Å². The Bertz CT molecular complexity index is 755. The van der Waals surface area contributed by atoms with E-state index in [2.05, 4.69) is 41.7 Å². The monoisotopic (exact) mass is 311 g/mol. The van der Waals surface area contributed by atoms with Gasteiger partial charge >= 0.3 is 0 Å². The van der Waals surface area contributed by atoms with Crippen LogP contribution in [0.3, 0.4) is 0 Å². The maximum absolute atomic E-state index is 11.3. The summed E-state index contributed by atoms with van der Waals surface area (Å²) in [6.45, 7) is 0.778. The second kappa shape index (κ2) is 5.47. The fraction of sp³-hybridized carbons (Fsp3) is 0.278. The topological polar surface area (TPSA) is 38.3 Å². The SMILES string of the molecule is O=S=C1CC2(CCN1)OC(c1ccccc1)c1ccccc12. The smallest absolute Gasteiger partial charge is 0.109 e. The Balaban J connectivity index is 1.82. The first-order valence-corrected chi connectivity index (χ1v) is 8.28. The summed E-state index contributed by atoms with van der Waals surface area (Å²) >= 11 is 0.554. The van der Waals surface area contributed by atoms with Crippen LogP contribution in [-0.4, -0.2) is 15.7 Å². The molecule has 2 unspecified atom stereocenters. The molecule has 4 rings (SSSR count). The van der Waals surface area contributed by atoms with Gasteiger partial charge in [-0.05, 0) is 23.1 Å². The van der Waals surface area contributed by atoms with Gasteiger partial charge in [0, 0.05) is 13.0 Å². The highest BCUT2D eigenvalue weighted by Gasteiger charge is 2.47. The second-order valence-electron chi connectivity index (χ2n) is 5.85. The van der Waals surface area contributed by atoms with Crippen LogP contribution in [0.4, 0.5) is 0 Å². The standard InChI is InChI=1S/C18H17NO2S/c20-22-16-12-18(10-11-19-16)15-9-5-4-8-14(15)17(21-18)13-6-2-1-3-7-13/h1-9,17,19H,10-12H2. The van der Waals surface area contributed by atoms with E-state index in [1.807, 2.05) is 18.2 Å². The normalized spacial score (nSPS) is 26.9. The minimum absolute atomic E-state index is 0.0478. The summed E-state index contributed by atoms with van der Waals surface area (Å²) in [6, 6.07) is 18.7. The van der Waals surface area contributed by atoms with E-state index in [-0.39, 0.29) is 11.7 Å². The third-order valence-electron chi connectivity index (χ3n) is 4.58. The van der Waals surface area contributed by atoms with Crippen molar-refractivity contribution in [3.8, 4) is 0 Å². The third kappa shape index (κ3) is 2.15. The molecule has 0 aromatic heterocycles. The largest absolute Gasteiger partial charge is 0.357 e. The van der Waals surface area contributed by atoms with Crippen molar-refractivity contribution in [2.75, 3.05) is 6.54 Å². The molecule has 0 saturated carbocycles. The number of rotatable bonds is 1. The molecule has 1 spiro atoms. The fourth-order valence-electron chi connectivity index (χ4n) is 3.57. The summed E-state index contributed by atoms with van der Waals surface area (Å²) in [5.74, 6) is 0. The minimum Gasteiger partial charge on any atom is -0.357 e. The van der Waals surface area contributed by atoms with Crippen LogP contribution in [0.5, 0.6) is 0 Å². The van der Waals surface area contributed by atoms with E-state index in [1.54, 1.807) is 0 Å². The molecule has 2 aliphatic rings. The summed E-state index contributed by atoms with van der Waals surface area (Å²) in [4.78, 5) is 0.773. The zero-order chi connectivity index (χ0) is 15.0. The first-order chi connectivity index (χ1) is 10.8. The number of hydrogen-bond acceptors (Lipinski definition) is 2. The highest BCUT2D eigenvalue weighted by molar-refractivity contribution is 7.66. The average Bonchev–Trinajstić information content (AvgIpc) is 2.90. The van der Waals surface area contributed by atoms with Crippen molar-refractivity contribution in [1.29, 1.82) is 0 Å². The molecule has 4 heteroatoms. The molecule has 22 heavy (non-hydrogen) atoms. The lowest BCUT2D eigenvalue weighted by molar-refractivity contribution is -0.0649. The third-order valence-corrected chi connectivity index (χ3v) is 5.07. The first kappa shape index (κ1) is 13.9. The Labute approximate surface area is 133 Å². The quantitative estimate of drug-likeness (QED) is 0.823. The molecule has 3 nitrogen and oxygen atoms in total. The van der Waals surface area contributed by atoms with Crippen molar-refractivity contribution in [2.45, 2.75) is 24.5 Å². The Hall–Kier alpha value is -1.75. The minimum atomic E-state index is -0.366. The first-order valence-electron chi connectivity index (χ1n) is 7.54. The van der Waals surface area contributed by atoms with Crippen LogP contribution in [0.15, 0.2) is 54.6 Å². The van der Waals surface area contributed by atoms with E-state index in [4.69, 9.17) is 4.74 Å². The van der Waals surface area contributed by atoms with Gasteiger partial charge in [-0.3, -0.25) is 5.32 Å². The van der Waals surface area contributed by atoms with Crippen molar-refractivity contribution in [3.63, 3.8) is 0 Å². The molecule has 2 aromatic carbocycles. The number of ether oxygens (including phenoxy) is 1. The molecule has 2 aliphatic heterocycles. The molecule has 0 amide bonds. The zero-order valence-electron chi connectivity index (χ0n) is 12.1. The maximum atomic E-state index is 11.3. The Morgan fingerprint density at radius 2 is 1.86 bits per heavy atom. The molecule has 0 radical (unpaired) electrons. The van der Waals surface area contributed by atoms with Gasteiger partial charge in [0.25, 0.3) is 0 Å². The predicted octanol–water partition coefficient (Wildman–Crippen LogP) is 2.73. The molecule has 112 valence electrons. The van der Waals surface area contributed by atoms with Crippen molar-refractivity contribution in [2.24, 2.45) is 0 Å². The Morgan fingerprint density at radius 3 is 2.68 bits per heavy atom. The molecule has 1 fully saturated rings. The molecule has 0 bridgehead atoms. The Kier molecular flexibility index (Phi) is 3.45. The number of piperidine rings is 1. The van der Waals surface area contributed by atoms with Gasteiger partial charge in [-0.2, -0.15) is 0 Å². The van der Waals surface area contributed by atoms with Crippen molar-refractivity contribution in [1.82, 2.24) is 5.32 Å². The van der Waals surface area contributed by atoms with Crippen LogP contribution in [0.25, 0.3) is 0 Å². The van der Waals surface area contributed by atoms with Crippen molar-refractivity contribution in [3.05, 3.63) is 71.3 Å². The van der Waals surface area contributed by atoms with Gasteiger partial charge in [-0.15, -0.1) is 0 Å². The van der Waals surface area contributed by atoms with Crippen LogP contribution in [0, 0.1) is 0 Å². The van der Waals surface area contributed by atoms with E-state index >= 15 is 0 Å². The lowest BCUT2D eigenvalue weighted by Gasteiger charge is -2.35. The zero-order valence-corrected chi connectivity index (χ0v) is 12.9. The van der Waals surface area contributed by atoms with Gasteiger partial charge in [0.15, 0.2) is 0 Å². The summed E-state index contributed by atoms with van der Waals surface area (Å²) in [5.41, 5.74) is 3.26. The highest BCUT2D eigenvalue weighted by Crippen LogP contribution is 2.50. The van der Waals surface area contributed by atoms with Gasteiger partial charge < -0.3 is 4.74 Å². The van der Waals surface area contributed by atoms with Crippen LogP contribution in [0.1, 0.15) is 35.6 Å². The molecule has 1 N–H and O–H groups in total. The summed E-state index contributed by atoms with van der Waals surface area (Å²) in [5, 5.41) is 3.19. The number of fused-ring (bicyclic) bond motifs is 2. The van der Waals surface area contributed by atoms with Crippen molar-refractivity contribution >= 4 is 16.2 Å². The van der Waals surface area contributed by atoms with Gasteiger partial charge in [-0.25, -0.2) is 4.21 Å². The van der Waals surface area contributed by atoms with Gasteiger partial charge in [0.2, 0.25) is 0 Å². The van der Waals surface area contributed by atoms with Crippen LogP contribution < -0.4 is 5.32 Å². The van der Waals surface area contributed by atoms with Crippen LogP contribution in [0.2, 0.25) is 0 Å².